The molecule has 1 N–H and O–H groups in total. The maximum absolute atomic E-state index is 6.38. The van der Waals surface area contributed by atoms with E-state index in [-0.39, 0.29) is 0 Å². The third kappa shape index (κ3) is 4.31. The highest BCUT2D eigenvalue weighted by atomic mass is 32.1. The van der Waals surface area contributed by atoms with Crippen LogP contribution in [0.5, 0.6) is 0 Å². The maximum atomic E-state index is 6.38. The quantitative estimate of drug-likeness (QED) is 0.209. The molecule has 0 aliphatic rings. The van der Waals surface area contributed by atoms with Crippen LogP contribution in [0.25, 0.3) is 97.3 Å². The van der Waals surface area contributed by atoms with Crippen LogP contribution in [0.2, 0.25) is 0 Å². The van der Waals surface area contributed by atoms with E-state index in [1.807, 2.05) is 37.3 Å². The lowest BCUT2D eigenvalue weighted by Crippen LogP contribution is -1.83. The van der Waals surface area contributed by atoms with Gasteiger partial charge in [-0.3, -0.25) is 0 Å². The summed E-state index contributed by atoms with van der Waals surface area (Å²) in [6.07, 6.45) is 0. The van der Waals surface area contributed by atoms with E-state index in [2.05, 4.69) is 138 Å². The van der Waals surface area contributed by atoms with Crippen LogP contribution < -0.4 is 0 Å². The zero-order valence-electron chi connectivity index (χ0n) is 26.2. The van der Waals surface area contributed by atoms with Crippen molar-refractivity contribution in [3.63, 3.8) is 0 Å². The van der Waals surface area contributed by atoms with Gasteiger partial charge in [-0.05, 0) is 52.6 Å². The predicted octanol–water partition coefficient (Wildman–Crippen LogP) is 13.6. The standard InChI is InChI=1S/C42H25NOS.C2H6/c1-3-19-38-31(11-1)34-17-7-14-29(41(34)44-38)27-21-22-37-36(24-27)33-16-6-13-28(40(33)43-37)25-9-5-10-26(23-25)30-15-8-18-35-32-12-2-4-20-39(32)45-42(30)35;1-2/h1-24,43H;1-2H3. The molecule has 0 fully saturated rings. The number of thiophene rings is 1. The Bertz CT molecular complexity index is 2780. The molecule has 0 saturated heterocycles. The summed E-state index contributed by atoms with van der Waals surface area (Å²) in [7, 11) is 0. The summed E-state index contributed by atoms with van der Waals surface area (Å²) in [6, 6.07) is 52.4. The second kappa shape index (κ2) is 11.0. The van der Waals surface area contributed by atoms with Gasteiger partial charge in [0.05, 0.1) is 5.52 Å². The van der Waals surface area contributed by atoms with E-state index in [0.717, 1.165) is 44.1 Å². The molecule has 0 bridgehead atoms. The Morgan fingerprint density at radius 3 is 1.98 bits per heavy atom. The molecule has 224 valence electrons. The molecule has 0 radical (unpaired) electrons. The molecule has 0 aliphatic heterocycles. The van der Waals surface area contributed by atoms with Crippen molar-refractivity contribution in [2.24, 2.45) is 0 Å². The second-order valence-corrected chi connectivity index (χ2v) is 12.8. The van der Waals surface area contributed by atoms with Gasteiger partial charge in [0.2, 0.25) is 0 Å². The molecular formula is C44H31NOS. The molecule has 47 heavy (non-hydrogen) atoms. The molecule has 0 atom stereocenters. The Morgan fingerprint density at radius 1 is 0.468 bits per heavy atom. The molecule has 0 spiro atoms. The van der Waals surface area contributed by atoms with Crippen LogP contribution >= 0.6 is 11.3 Å². The first-order chi connectivity index (χ1) is 23.3. The van der Waals surface area contributed by atoms with E-state index in [1.54, 1.807) is 0 Å². The highest BCUT2D eigenvalue weighted by Gasteiger charge is 2.16. The lowest BCUT2D eigenvalue weighted by molar-refractivity contribution is 0.670. The fraction of sp³-hybridized carbons (Fsp3) is 0.0455. The Balaban J connectivity index is 0.00000149. The van der Waals surface area contributed by atoms with Crippen molar-refractivity contribution in [1.29, 1.82) is 0 Å². The van der Waals surface area contributed by atoms with E-state index in [9.17, 15) is 0 Å². The average Bonchev–Trinajstić information content (AvgIpc) is 3.83. The van der Waals surface area contributed by atoms with Gasteiger partial charge >= 0.3 is 0 Å². The summed E-state index contributed by atoms with van der Waals surface area (Å²) in [5.41, 5.74) is 11.3. The van der Waals surface area contributed by atoms with Crippen LogP contribution in [-0.2, 0) is 0 Å². The maximum Gasteiger partial charge on any atom is 0.143 e. The van der Waals surface area contributed by atoms with Crippen molar-refractivity contribution in [3.05, 3.63) is 146 Å². The summed E-state index contributed by atoms with van der Waals surface area (Å²) in [6.45, 7) is 4.00. The summed E-state index contributed by atoms with van der Waals surface area (Å²) in [5, 5.41) is 7.38. The number of nitrogens with one attached hydrogen (secondary N) is 1. The monoisotopic (exact) mass is 621 g/mol. The van der Waals surface area contributed by atoms with E-state index in [0.29, 0.717) is 0 Å². The van der Waals surface area contributed by atoms with Crippen molar-refractivity contribution in [1.82, 2.24) is 4.98 Å². The molecule has 0 saturated carbocycles. The first-order valence-electron chi connectivity index (χ1n) is 16.3. The van der Waals surface area contributed by atoms with E-state index < -0.39 is 0 Å². The molecule has 0 amide bonds. The summed E-state index contributed by atoms with van der Waals surface area (Å²) < 4.78 is 9.05. The van der Waals surface area contributed by atoms with Crippen LogP contribution in [0.4, 0.5) is 0 Å². The number of aromatic nitrogens is 1. The SMILES string of the molecule is CC.c1cc(-c2cccc3c2[nH]c2ccc(-c4cccc5c4oc4ccccc45)cc23)cc(-c2cccc3c2sc2ccccc23)c1. The Hall–Kier alpha value is -5.64. The van der Waals surface area contributed by atoms with E-state index >= 15 is 0 Å². The van der Waals surface area contributed by atoms with Crippen LogP contribution in [0.15, 0.2) is 150 Å². The van der Waals surface area contributed by atoms with Crippen LogP contribution in [-0.4, -0.2) is 4.98 Å². The fourth-order valence-electron chi connectivity index (χ4n) is 7.13. The van der Waals surface area contributed by atoms with Gasteiger partial charge in [0, 0.05) is 58.4 Å². The lowest BCUT2D eigenvalue weighted by atomic mass is 9.96. The van der Waals surface area contributed by atoms with Gasteiger partial charge in [-0.25, -0.2) is 0 Å². The Labute approximate surface area is 276 Å². The highest BCUT2D eigenvalue weighted by Crippen LogP contribution is 2.42. The number of para-hydroxylation sites is 3. The van der Waals surface area contributed by atoms with Crippen LogP contribution in [0.1, 0.15) is 13.8 Å². The Kier molecular flexibility index (Phi) is 6.48. The molecule has 3 aromatic heterocycles. The number of rotatable bonds is 3. The molecule has 10 rings (SSSR count). The van der Waals surface area contributed by atoms with E-state index in [4.69, 9.17) is 4.42 Å². The van der Waals surface area contributed by atoms with Gasteiger partial charge in [-0.2, -0.15) is 0 Å². The van der Waals surface area contributed by atoms with Gasteiger partial charge in [0.25, 0.3) is 0 Å². The van der Waals surface area contributed by atoms with Gasteiger partial charge in [0.1, 0.15) is 11.2 Å². The minimum absolute atomic E-state index is 0.920. The van der Waals surface area contributed by atoms with Gasteiger partial charge in [0.15, 0.2) is 0 Å². The molecule has 2 nitrogen and oxygen atoms in total. The van der Waals surface area contributed by atoms with Crippen LogP contribution in [0, 0.1) is 0 Å². The van der Waals surface area contributed by atoms with Crippen molar-refractivity contribution < 1.29 is 4.42 Å². The van der Waals surface area contributed by atoms with Crippen molar-refractivity contribution in [3.8, 4) is 33.4 Å². The van der Waals surface area contributed by atoms with Crippen LogP contribution in [0.3, 0.4) is 0 Å². The molecule has 10 aromatic rings. The summed E-state index contributed by atoms with van der Waals surface area (Å²) >= 11 is 1.88. The third-order valence-corrected chi connectivity index (χ3v) is 10.5. The van der Waals surface area contributed by atoms with Crippen molar-refractivity contribution in [2.75, 3.05) is 0 Å². The third-order valence-electron chi connectivity index (χ3n) is 9.24. The molecule has 0 aliphatic carbocycles. The number of fused-ring (bicyclic) bond motifs is 9. The number of aromatic amines is 1. The number of hydrogen-bond acceptors (Lipinski definition) is 2. The zero-order chi connectivity index (χ0) is 31.5. The first-order valence-corrected chi connectivity index (χ1v) is 17.1. The second-order valence-electron chi connectivity index (χ2n) is 11.8. The molecule has 3 heteroatoms. The van der Waals surface area contributed by atoms with Crippen molar-refractivity contribution >= 4 is 75.3 Å². The molecular weight excluding hydrogens is 591 g/mol. The topological polar surface area (TPSA) is 28.9 Å². The minimum Gasteiger partial charge on any atom is -0.455 e. The fourth-order valence-corrected chi connectivity index (χ4v) is 8.37. The van der Waals surface area contributed by atoms with Gasteiger partial charge in [-0.15, -0.1) is 11.3 Å². The normalized spacial score (nSPS) is 11.6. The minimum atomic E-state index is 0.920. The zero-order valence-corrected chi connectivity index (χ0v) is 27.0. The van der Waals surface area contributed by atoms with Gasteiger partial charge in [-0.1, -0.05) is 129 Å². The number of H-pyrrole nitrogens is 1. The largest absolute Gasteiger partial charge is 0.455 e. The number of furan rings is 1. The highest BCUT2D eigenvalue weighted by molar-refractivity contribution is 7.26. The molecule has 7 aromatic carbocycles. The van der Waals surface area contributed by atoms with E-state index in [1.165, 1.54) is 53.2 Å². The predicted molar refractivity (Wildman–Crippen MR) is 204 cm³/mol. The van der Waals surface area contributed by atoms with Gasteiger partial charge < -0.3 is 9.40 Å². The Morgan fingerprint density at radius 2 is 1.11 bits per heavy atom. The molecule has 0 unspecified atom stereocenters. The number of benzene rings is 7. The lowest BCUT2D eigenvalue weighted by Gasteiger charge is -2.08. The smallest absolute Gasteiger partial charge is 0.143 e. The number of hydrogen-bond donors (Lipinski definition) is 1. The summed E-state index contributed by atoms with van der Waals surface area (Å²) in [4.78, 5) is 3.77. The average molecular weight is 622 g/mol. The van der Waals surface area contributed by atoms with Crippen molar-refractivity contribution in [2.45, 2.75) is 13.8 Å². The first kappa shape index (κ1) is 27.7. The summed E-state index contributed by atoms with van der Waals surface area (Å²) in [5.74, 6) is 0. The molecule has 3 heterocycles.